The van der Waals surface area contributed by atoms with Gasteiger partial charge < -0.3 is 0 Å². The van der Waals surface area contributed by atoms with Crippen LogP contribution >= 0.6 is 0 Å². The third-order valence-corrected chi connectivity index (χ3v) is 9.85. The van der Waals surface area contributed by atoms with Crippen LogP contribution in [0.2, 0.25) is 0 Å². The number of fused-ring (bicyclic) bond motifs is 5. The topological polar surface area (TPSA) is 51.6 Å². The lowest BCUT2D eigenvalue weighted by atomic mass is 9.95. The van der Waals surface area contributed by atoms with Crippen molar-refractivity contribution in [3.8, 4) is 56.4 Å². The highest BCUT2D eigenvalue weighted by atomic mass is 14.9. The molecule has 0 bridgehead atoms. The Morgan fingerprint density at radius 3 is 1.62 bits per heavy atom. The standard InChI is InChI=1S/C48H30N4/c1-3-11-32(12-4-1)45-30-46(52-48(51-45)34-13-5-2-6-14-34)44-27-23-38-29-36(21-25-42(38)50-44)35-20-24-41-37(28-35)22-26-43(49-41)40-17-9-15-33-19-18-31-10-7-8-16-39(31)47(33)40/h1-30H. The summed E-state index contributed by atoms with van der Waals surface area (Å²) in [6.45, 7) is 0. The SMILES string of the molecule is c1ccc(-c2cc(-c3ccc4cc(-c5ccc6nc(-c7cccc8ccc9ccccc9c78)ccc6c5)ccc4n3)nc(-c3ccccc3)n2)cc1. The Bertz CT molecular complexity index is 2900. The molecular weight excluding hydrogens is 633 g/mol. The maximum absolute atomic E-state index is 5.16. The predicted octanol–water partition coefficient (Wildman–Crippen LogP) is 12.2. The summed E-state index contributed by atoms with van der Waals surface area (Å²) in [6.07, 6.45) is 0. The van der Waals surface area contributed by atoms with E-state index in [0.29, 0.717) is 5.82 Å². The van der Waals surface area contributed by atoms with E-state index in [0.717, 1.165) is 72.4 Å². The van der Waals surface area contributed by atoms with Gasteiger partial charge in [-0.2, -0.15) is 0 Å². The number of aromatic nitrogens is 4. The monoisotopic (exact) mass is 662 g/mol. The summed E-state index contributed by atoms with van der Waals surface area (Å²) < 4.78 is 0. The van der Waals surface area contributed by atoms with E-state index < -0.39 is 0 Å². The Labute approximate surface area is 300 Å². The van der Waals surface area contributed by atoms with E-state index in [1.54, 1.807) is 0 Å². The van der Waals surface area contributed by atoms with Crippen LogP contribution in [0.4, 0.5) is 0 Å². The third-order valence-electron chi connectivity index (χ3n) is 9.85. The van der Waals surface area contributed by atoms with E-state index >= 15 is 0 Å². The van der Waals surface area contributed by atoms with Crippen LogP contribution in [-0.2, 0) is 0 Å². The zero-order chi connectivity index (χ0) is 34.4. The normalized spacial score (nSPS) is 11.5. The lowest BCUT2D eigenvalue weighted by Gasteiger charge is -2.11. The average Bonchev–Trinajstić information content (AvgIpc) is 3.23. The van der Waals surface area contributed by atoms with E-state index in [1.165, 1.54) is 21.5 Å². The van der Waals surface area contributed by atoms with Crippen LogP contribution in [0.5, 0.6) is 0 Å². The number of benzene rings is 7. The number of rotatable bonds is 5. The molecule has 0 spiro atoms. The minimum atomic E-state index is 0.678. The minimum Gasteiger partial charge on any atom is -0.248 e. The molecule has 0 fully saturated rings. The van der Waals surface area contributed by atoms with Gasteiger partial charge in [0.1, 0.15) is 0 Å². The second-order valence-corrected chi connectivity index (χ2v) is 13.1. The Kier molecular flexibility index (Phi) is 7.10. The van der Waals surface area contributed by atoms with Crippen molar-refractivity contribution in [3.63, 3.8) is 0 Å². The Morgan fingerprint density at radius 1 is 0.288 bits per heavy atom. The van der Waals surface area contributed by atoms with Gasteiger partial charge in [-0.1, -0.05) is 140 Å². The molecule has 0 radical (unpaired) electrons. The van der Waals surface area contributed by atoms with E-state index in [-0.39, 0.29) is 0 Å². The zero-order valence-corrected chi connectivity index (χ0v) is 28.1. The molecule has 0 N–H and O–H groups in total. The molecule has 0 unspecified atom stereocenters. The largest absolute Gasteiger partial charge is 0.248 e. The molecule has 7 aromatic carbocycles. The summed E-state index contributed by atoms with van der Waals surface area (Å²) in [4.78, 5) is 20.1. The average molecular weight is 663 g/mol. The first-order chi connectivity index (χ1) is 25.7. The Hall–Kier alpha value is -7.04. The molecule has 10 rings (SSSR count). The smallest absolute Gasteiger partial charge is 0.160 e. The number of nitrogens with zero attached hydrogens (tertiary/aromatic N) is 4. The molecule has 4 heteroatoms. The molecule has 52 heavy (non-hydrogen) atoms. The fourth-order valence-electron chi connectivity index (χ4n) is 7.23. The first-order valence-electron chi connectivity index (χ1n) is 17.5. The van der Waals surface area contributed by atoms with Crippen molar-refractivity contribution in [1.82, 2.24) is 19.9 Å². The molecule has 242 valence electrons. The van der Waals surface area contributed by atoms with Crippen LogP contribution in [0.3, 0.4) is 0 Å². The lowest BCUT2D eigenvalue weighted by Crippen LogP contribution is -1.97. The van der Waals surface area contributed by atoms with Crippen LogP contribution in [0.1, 0.15) is 0 Å². The summed E-state index contributed by atoms with van der Waals surface area (Å²) >= 11 is 0. The second-order valence-electron chi connectivity index (χ2n) is 13.1. The first-order valence-corrected chi connectivity index (χ1v) is 17.5. The summed E-state index contributed by atoms with van der Waals surface area (Å²) in [5.74, 6) is 0.678. The molecule has 0 saturated carbocycles. The minimum absolute atomic E-state index is 0.678. The molecular formula is C48H30N4. The van der Waals surface area contributed by atoms with E-state index in [9.17, 15) is 0 Å². The van der Waals surface area contributed by atoms with Gasteiger partial charge in [0.25, 0.3) is 0 Å². The Balaban J connectivity index is 0.996. The second kappa shape index (κ2) is 12.4. The van der Waals surface area contributed by atoms with Gasteiger partial charge in [0.2, 0.25) is 0 Å². The van der Waals surface area contributed by atoms with Gasteiger partial charge in [0, 0.05) is 27.5 Å². The molecule has 0 aliphatic rings. The number of pyridine rings is 2. The van der Waals surface area contributed by atoms with Crippen molar-refractivity contribution < 1.29 is 0 Å². The van der Waals surface area contributed by atoms with Gasteiger partial charge in [-0.05, 0) is 75.1 Å². The molecule has 3 heterocycles. The summed E-state index contributed by atoms with van der Waals surface area (Å²) in [7, 11) is 0. The highest BCUT2D eigenvalue weighted by molar-refractivity contribution is 6.14. The van der Waals surface area contributed by atoms with Crippen LogP contribution in [-0.4, -0.2) is 19.9 Å². The highest BCUT2D eigenvalue weighted by Gasteiger charge is 2.13. The fraction of sp³-hybridized carbons (Fsp3) is 0. The van der Waals surface area contributed by atoms with Crippen molar-refractivity contribution in [3.05, 3.63) is 182 Å². The van der Waals surface area contributed by atoms with Crippen molar-refractivity contribution in [1.29, 1.82) is 0 Å². The maximum Gasteiger partial charge on any atom is 0.160 e. The van der Waals surface area contributed by atoms with Crippen molar-refractivity contribution in [2.24, 2.45) is 0 Å². The van der Waals surface area contributed by atoms with Crippen molar-refractivity contribution in [2.45, 2.75) is 0 Å². The maximum atomic E-state index is 5.16. The quantitative estimate of drug-likeness (QED) is 0.172. The molecule has 10 aromatic rings. The van der Waals surface area contributed by atoms with E-state index in [2.05, 4.69) is 127 Å². The summed E-state index contributed by atoms with van der Waals surface area (Å²) in [5.41, 5.74) is 10.8. The Morgan fingerprint density at radius 2 is 0.865 bits per heavy atom. The molecule has 0 amide bonds. The van der Waals surface area contributed by atoms with Crippen LogP contribution in [0, 0.1) is 0 Å². The summed E-state index contributed by atoms with van der Waals surface area (Å²) in [6, 6.07) is 63.3. The van der Waals surface area contributed by atoms with Gasteiger partial charge in [0.15, 0.2) is 5.82 Å². The third kappa shape index (κ3) is 5.34. The van der Waals surface area contributed by atoms with Crippen molar-refractivity contribution in [2.75, 3.05) is 0 Å². The number of hydrogen-bond acceptors (Lipinski definition) is 4. The summed E-state index contributed by atoms with van der Waals surface area (Å²) in [5, 5.41) is 7.11. The molecule has 0 atom stereocenters. The van der Waals surface area contributed by atoms with E-state index in [1.807, 2.05) is 54.6 Å². The number of hydrogen-bond donors (Lipinski definition) is 0. The van der Waals surface area contributed by atoms with Crippen LogP contribution in [0.25, 0.3) is 99.8 Å². The van der Waals surface area contributed by atoms with Gasteiger partial charge in [-0.25, -0.2) is 19.9 Å². The van der Waals surface area contributed by atoms with E-state index in [4.69, 9.17) is 19.9 Å². The molecule has 4 nitrogen and oxygen atoms in total. The van der Waals surface area contributed by atoms with Gasteiger partial charge in [-0.3, -0.25) is 0 Å². The van der Waals surface area contributed by atoms with Gasteiger partial charge in [-0.15, -0.1) is 0 Å². The first kappa shape index (κ1) is 29.8. The zero-order valence-electron chi connectivity index (χ0n) is 28.1. The fourth-order valence-corrected chi connectivity index (χ4v) is 7.23. The molecule has 3 aromatic heterocycles. The predicted molar refractivity (Wildman–Crippen MR) is 215 cm³/mol. The van der Waals surface area contributed by atoms with Crippen LogP contribution in [0.15, 0.2) is 182 Å². The molecule has 0 saturated heterocycles. The van der Waals surface area contributed by atoms with Crippen molar-refractivity contribution >= 4 is 43.4 Å². The van der Waals surface area contributed by atoms with Gasteiger partial charge >= 0.3 is 0 Å². The van der Waals surface area contributed by atoms with Gasteiger partial charge in [0.05, 0.1) is 33.8 Å². The lowest BCUT2D eigenvalue weighted by molar-refractivity contribution is 1.17. The molecule has 0 aliphatic carbocycles. The highest BCUT2D eigenvalue weighted by Crippen LogP contribution is 2.35. The van der Waals surface area contributed by atoms with Crippen LogP contribution < -0.4 is 0 Å². The molecule has 0 aliphatic heterocycles.